The molecule has 2 N–H and O–H groups in total. The van der Waals surface area contributed by atoms with Crippen LogP contribution in [0.15, 0.2) is 0 Å². The maximum atomic E-state index is 10.4. The van der Waals surface area contributed by atoms with Gasteiger partial charge in [-0.25, -0.2) is 0 Å². The molecule has 0 rings (SSSR count). The molecular formula is C8H15O3P. The van der Waals surface area contributed by atoms with Gasteiger partial charge < -0.3 is 9.79 Å². The maximum absolute atomic E-state index is 10.4. The zero-order chi connectivity index (χ0) is 9.45. The van der Waals surface area contributed by atoms with Gasteiger partial charge in [-0.1, -0.05) is 12.8 Å². The van der Waals surface area contributed by atoms with Crippen LogP contribution in [0.25, 0.3) is 0 Å². The zero-order valence-corrected chi connectivity index (χ0v) is 7.96. The van der Waals surface area contributed by atoms with Gasteiger partial charge in [0.2, 0.25) is 0 Å². The summed E-state index contributed by atoms with van der Waals surface area (Å²) in [5.41, 5.74) is 0. The summed E-state index contributed by atoms with van der Waals surface area (Å²) in [5.74, 6) is 2.52. The van der Waals surface area contributed by atoms with Gasteiger partial charge in [0.05, 0.1) is 0 Å². The molecule has 0 spiro atoms. The highest BCUT2D eigenvalue weighted by Gasteiger charge is 2.10. The monoisotopic (exact) mass is 190 g/mol. The van der Waals surface area contributed by atoms with Crippen LogP contribution in [0, 0.1) is 12.3 Å². The Morgan fingerprint density at radius 1 is 1.17 bits per heavy atom. The molecule has 0 radical (unpaired) electrons. The lowest BCUT2D eigenvalue weighted by Gasteiger charge is -2.02. The summed E-state index contributed by atoms with van der Waals surface area (Å²) < 4.78 is 10.4. The fraction of sp³-hybridized carbons (Fsp3) is 0.750. The van der Waals surface area contributed by atoms with Crippen molar-refractivity contribution in [3.8, 4) is 12.3 Å². The van der Waals surface area contributed by atoms with Gasteiger partial charge in [0.15, 0.2) is 0 Å². The Bertz CT molecular complexity index is 189. The maximum Gasteiger partial charge on any atom is 0.325 e. The first kappa shape index (κ1) is 11.7. The lowest BCUT2D eigenvalue weighted by atomic mass is 10.2. The summed E-state index contributed by atoms with van der Waals surface area (Å²) in [6, 6.07) is 0. The highest BCUT2D eigenvalue weighted by Crippen LogP contribution is 2.35. The number of terminal acetylenes is 1. The molecule has 0 unspecified atom stereocenters. The molecule has 0 saturated heterocycles. The molecule has 4 heteroatoms. The SMILES string of the molecule is C#CCCCCCCP(=O)(O)O. The van der Waals surface area contributed by atoms with Crippen LogP contribution in [0.5, 0.6) is 0 Å². The van der Waals surface area contributed by atoms with Gasteiger partial charge in [-0.05, 0) is 12.8 Å². The topological polar surface area (TPSA) is 57.5 Å². The molecule has 70 valence electrons. The van der Waals surface area contributed by atoms with E-state index in [1.54, 1.807) is 0 Å². The highest BCUT2D eigenvalue weighted by atomic mass is 31.2. The van der Waals surface area contributed by atoms with E-state index in [0.29, 0.717) is 6.42 Å². The van der Waals surface area contributed by atoms with Crippen molar-refractivity contribution >= 4 is 7.60 Å². The van der Waals surface area contributed by atoms with E-state index < -0.39 is 7.60 Å². The quantitative estimate of drug-likeness (QED) is 0.381. The van der Waals surface area contributed by atoms with Crippen LogP contribution in [-0.4, -0.2) is 15.9 Å². The van der Waals surface area contributed by atoms with Crippen molar-refractivity contribution < 1.29 is 14.4 Å². The predicted octanol–water partition coefficient (Wildman–Crippen LogP) is 1.75. The van der Waals surface area contributed by atoms with Gasteiger partial charge in [-0.3, -0.25) is 4.57 Å². The molecular weight excluding hydrogens is 175 g/mol. The second-order valence-electron chi connectivity index (χ2n) is 2.76. The van der Waals surface area contributed by atoms with E-state index in [1.807, 2.05) is 0 Å². The molecule has 0 amide bonds. The van der Waals surface area contributed by atoms with E-state index >= 15 is 0 Å². The highest BCUT2D eigenvalue weighted by molar-refractivity contribution is 7.51. The van der Waals surface area contributed by atoms with E-state index in [4.69, 9.17) is 16.2 Å². The second kappa shape index (κ2) is 6.25. The van der Waals surface area contributed by atoms with E-state index in [0.717, 1.165) is 25.7 Å². The smallest absolute Gasteiger partial charge is 0.324 e. The molecule has 0 aliphatic heterocycles. The summed E-state index contributed by atoms with van der Waals surface area (Å²) in [6.45, 7) is 0. The summed E-state index contributed by atoms with van der Waals surface area (Å²) >= 11 is 0. The molecule has 0 saturated carbocycles. The summed E-state index contributed by atoms with van der Waals surface area (Å²) in [4.78, 5) is 17.0. The van der Waals surface area contributed by atoms with Gasteiger partial charge in [0.25, 0.3) is 0 Å². The van der Waals surface area contributed by atoms with E-state index in [9.17, 15) is 4.57 Å². The van der Waals surface area contributed by atoms with Crippen molar-refractivity contribution in [2.45, 2.75) is 32.1 Å². The molecule has 0 heterocycles. The molecule has 0 bridgehead atoms. The predicted molar refractivity (Wildman–Crippen MR) is 48.8 cm³/mol. The van der Waals surface area contributed by atoms with Crippen LogP contribution >= 0.6 is 7.60 Å². The number of rotatable bonds is 6. The average Bonchev–Trinajstić information content (AvgIpc) is 1.94. The van der Waals surface area contributed by atoms with Crippen molar-refractivity contribution in [1.82, 2.24) is 0 Å². The second-order valence-corrected chi connectivity index (χ2v) is 4.53. The van der Waals surface area contributed by atoms with Crippen LogP contribution in [0.2, 0.25) is 0 Å². The van der Waals surface area contributed by atoms with Gasteiger partial charge in [-0.2, -0.15) is 0 Å². The Morgan fingerprint density at radius 2 is 1.75 bits per heavy atom. The lowest BCUT2D eigenvalue weighted by Crippen LogP contribution is -1.87. The zero-order valence-electron chi connectivity index (χ0n) is 7.07. The first-order valence-electron chi connectivity index (χ1n) is 4.04. The van der Waals surface area contributed by atoms with Crippen molar-refractivity contribution in [2.75, 3.05) is 6.16 Å². The third-order valence-electron chi connectivity index (χ3n) is 1.52. The summed E-state index contributed by atoms with van der Waals surface area (Å²) in [6.07, 6.45) is 9.17. The molecule has 0 aliphatic carbocycles. The number of hydrogen-bond donors (Lipinski definition) is 2. The van der Waals surface area contributed by atoms with E-state index in [-0.39, 0.29) is 6.16 Å². The van der Waals surface area contributed by atoms with E-state index in [2.05, 4.69) is 5.92 Å². The molecule has 0 aliphatic rings. The van der Waals surface area contributed by atoms with Gasteiger partial charge in [0.1, 0.15) is 0 Å². The first-order chi connectivity index (χ1) is 5.56. The number of unbranched alkanes of at least 4 members (excludes halogenated alkanes) is 4. The molecule has 0 aromatic carbocycles. The molecule has 3 nitrogen and oxygen atoms in total. The Kier molecular flexibility index (Phi) is 6.10. The molecule has 0 aromatic rings. The summed E-state index contributed by atoms with van der Waals surface area (Å²) in [7, 11) is -3.76. The standard InChI is InChI=1S/C8H15O3P/c1-2-3-4-5-6-7-8-12(9,10)11/h1H,3-8H2,(H2,9,10,11). The molecule has 0 atom stereocenters. The van der Waals surface area contributed by atoms with Crippen molar-refractivity contribution in [3.63, 3.8) is 0 Å². The normalized spacial score (nSPS) is 11.1. The van der Waals surface area contributed by atoms with Gasteiger partial charge >= 0.3 is 7.60 Å². The summed E-state index contributed by atoms with van der Waals surface area (Å²) in [5, 5.41) is 0. The fourth-order valence-corrected chi connectivity index (χ4v) is 1.53. The van der Waals surface area contributed by atoms with Crippen LogP contribution in [0.1, 0.15) is 32.1 Å². The van der Waals surface area contributed by atoms with Crippen LogP contribution in [0.3, 0.4) is 0 Å². The Balaban J connectivity index is 3.13. The fourth-order valence-electron chi connectivity index (χ4n) is 0.898. The van der Waals surface area contributed by atoms with Crippen LogP contribution in [-0.2, 0) is 4.57 Å². The minimum atomic E-state index is -3.76. The minimum Gasteiger partial charge on any atom is -0.324 e. The molecule has 12 heavy (non-hydrogen) atoms. The van der Waals surface area contributed by atoms with Gasteiger partial charge in [0, 0.05) is 12.6 Å². The Morgan fingerprint density at radius 3 is 2.25 bits per heavy atom. The van der Waals surface area contributed by atoms with Gasteiger partial charge in [-0.15, -0.1) is 12.3 Å². The van der Waals surface area contributed by atoms with Crippen molar-refractivity contribution in [2.24, 2.45) is 0 Å². The van der Waals surface area contributed by atoms with Crippen molar-refractivity contribution in [1.29, 1.82) is 0 Å². The molecule has 0 aromatic heterocycles. The van der Waals surface area contributed by atoms with Crippen LogP contribution in [0.4, 0.5) is 0 Å². The lowest BCUT2D eigenvalue weighted by molar-refractivity contribution is 0.370. The van der Waals surface area contributed by atoms with Crippen LogP contribution < -0.4 is 0 Å². The van der Waals surface area contributed by atoms with Crippen molar-refractivity contribution in [3.05, 3.63) is 0 Å². The minimum absolute atomic E-state index is 0.00303. The Labute approximate surface area is 73.3 Å². The third-order valence-corrected chi connectivity index (χ3v) is 2.42. The largest absolute Gasteiger partial charge is 0.325 e. The van der Waals surface area contributed by atoms with E-state index in [1.165, 1.54) is 0 Å². The average molecular weight is 190 g/mol. The Hall–Kier alpha value is -0.290. The third kappa shape index (κ3) is 9.71. The first-order valence-corrected chi connectivity index (χ1v) is 5.84. The molecule has 0 fully saturated rings. The number of hydrogen-bond acceptors (Lipinski definition) is 1.